The van der Waals surface area contributed by atoms with E-state index in [1.807, 2.05) is 23.7 Å². The van der Waals surface area contributed by atoms with Crippen LogP contribution in [0.1, 0.15) is 30.4 Å². The molecule has 0 aliphatic rings. The maximum atomic E-state index is 12.2. The average Bonchev–Trinajstić information content (AvgIpc) is 3.12. The van der Waals surface area contributed by atoms with Gasteiger partial charge in [-0.25, -0.2) is 4.68 Å². The van der Waals surface area contributed by atoms with Crippen LogP contribution in [0.4, 0.5) is 0 Å². The summed E-state index contributed by atoms with van der Waals surface area (Å²) < 4.78 is 12.3. The first kappa shape index (κ1) is 19.8. The van der Waals surface area contributed by atoms with Crippen LogP contribution in [0.3, 0.4) is 0 Å². The number of aryl methyl sites for hydroxylation is 3. The highest BCUT2D eigenvalue weighted by molar-refractivity contribution is 5.79. The minimum Gasteiger partial charge on any atom is -0.497 e. The van der Waals surface area contributed by atoms with Crippen molar-refractivity contribution < 1.29 is 19.4 Å². The summed E-state index contributed by atoms with van der Waals surface area (Å²) in [5, 5.41) is 17.4. The summed E-state index contributed by atoms with van der Waals surface area (Å²) in [6.07, 6.45) is 2.46. The number of nitrogens with zero attached hydrogens (tertiary/aromatic N) is 3. The molecule has 3 aromatic rings. The first-order valence-corrected chi connectivity index (χ1v) is 9.39. The second-order valence-electron chi connectivity index (χ2n) is 6.61. The fourth-order valence-corrected chi connectivity index (χ4v) is 3.08. The SMILES string of the molecule is COc1ccc(OC(=O)CCc2ccc3c(nnn3CCCCO)c2C)cc1. The molecular weight excluding hydrogens is 358 g/mol. The van der Waals surface area contributed by atoms with Gasteiger partial charge in [0.2, 0.25) is 0 Å². The fourth-order valence-electron chi connectivity index (χ4n) is 3.08. The van der Waals surface area contributed by atoms with Gasteiger partial charge in [-0.1, -0.05) is 11.3 Å². The average molecular weight is 383 g/mol. The number of hydrogen-bond acceptors (Lipinski definition) is 6. The fraction of sp³-hybridized carbons (Fsp3) is 0.381. The normalized spacial score (nSPS) is 11.0. The van der Waals surface area contributed by atoms with Gasteiger partial charge in [0.25, 0.3) is 0 Å². The van der Waals surface area contributed by atoms with Gasteiger partial charge in [-0.15, -0.1) is 5.10 Å². The predicted molar refractivity (Wildman–Crippen MR) is 106 cm³/mol. The van der Waals surface area contributed by atoms with Crippen LogP contribution in [0.5, 0.6) is 11.5 Å². The summed E-state index contributed by atoms with van der Waals surface area (Å²) >= 11 is 0. The molecule has 0 saturated carbocycles. The number of methoxy groups -OCH3 is 1. The van der Waals surface area contributed by atoms with E-state index in [1.165, 1.54) is 0 Å². The van der Waals surface area contributed by atoms with Crippen molar-refractivity contribution in [1.29, 1.82) is 0 Å². The number of aliphatic hydroxyl groups is 1. The van der Waals surface area contributed by atoms with Gasteiger partial charge in [0.15, 0.2) is 0 Å². The third-order valence-corrected chi connectivity index (χ3v) is 4.72. The molecule has 0 atom stereocenters. The van der Waals surface area contributed by atoms with E-state index < -0.39 is 0 Å². The Morgan fingerprint density at radius 3 is 2.57 bits per heavy atom. The lowest BCUT2D eigenvalue weighted by Gasteiger charge is -2.08. The van der Waals surface area contributed by atoms with Crippen LogP contribution in [0, 0.1) is 6.92 Å². The molecule has 0 fully saturated rings. The van der Waals surface area contributed by atoms with E-state index in [4.69, 9.17) is 14.6 Å². The number of aliphatic hydroxyl groups excluding tert-OH is 1. The molecule has 0 aliphatic heterocycles. The Bertz CT molecular complexity index is 935. The van der Waals surface area contributed by atoms with E-state index >= 15 is 0 Å². The molecule has 2 aromatic carbocycles. The number of ether oxygens (including phenoxy) is 2. The van der Waals surface area contributed by atoms with Crippen molar-refractivity contribution in [2.45, 2.75) is 39.2 Å². The van der Waals surface area contributed by atoms with Crippen LogP contribution < -0.4 is 9.47 Å². The molecule has 0 spiro atoms. The van der Waals surface area contributed by atoms with E-state index in [0.717, 1.165) is 41.5 Å². The second-order valence-corrected chi connectivity index (χ2v) is 6.61. The van der Waals surface area contributed by atoms with Crippen molar-refractivity contribution in [3.8, 4) is 11.5 Å². The zero-order chi connectivity index (χ0) is 19.9. The number of carbonyl (C=O) groups is 1. The van der Waals surface area contributed by atoms with Crippen LogP contribution in [0.15, 0.2) is 36.4 Å². The molecular formula is C21H25N3O4. The Morgan fingerprint density at radius 1 is 1.11 bits per heavy atom. The zero-order valence-electron chi connectivity index (χ0n) is 16.2. The quantitative estimate of drug-likeness (QED) is 0.347. The lowest BCUT2D eigenvalue weighted by atomic mass is 10.0. The summed E-state index contributed by atoms with van der Waals surface area (Å²) in [5.74, 6) is 0.939. The Morgan fingerprint density at radius 2 is 1.86 bits per heavy atom. The smallest absolute Gasteiger partial charge is 0.311 e. The van der Waals surface area contributed by atoms with Crippen LogP contribution in [0.25, 0.3) is 11.0 Å². The Kier molecular flexibility index (Phi) is 6.60. The standard InChI is InChI=1S/C21H25N3O4/c1-15-16(5-11-19-21(15)22-23-24(19)13-3-4-14-25)6-12-20(26)28-18-9-7-17(27-2)8-10-18/h5,7-11,25H,3-4,6,12-14H2,1-2H3. The van der Waals surface area contributed by atoms with Gasteiger partial charge in [0, 0.05) is 19.6 Å². The monoisotopic (exact) mass is 383 g/mol. The van der Waals surface area contributed by atoms with Crippen molar-refractivity contribution >= 4 is 17.0 Å². The number of rotatable bonds is 9. The lowest BCUT2D eigenvalue weighted by Crippen LogP contribution is -2.09. The minimum absolute atomic E-state index is 0.183. The van der Waals surface area contributed by atoms with Gasteiger partial charge in [0.05, 0.1) is 12.6 Å². The van der Waals surface area contributed by atoms with Gasteiger partial charge < -0.3 is 14.6 Å². The molecule has 1 aromatic heterocycles. The highest BCUT2D eigenvalue weighted by Gasteiger charge is 2.12. The van der Waals surface area contributed by atoms with E-state index in [1.54, 1.807) is 31.4 Å². The van der Waals surface area contributed by atoms with E-state index in [2.05, 4.69) is 10.3 Å². The maximum absolute atomic E-state index is 12.2. The number of fused-ring (bicyclic) bond motifs is 1. The zero-order valence-corrected chi connectivity index (χ0v) is 16.2. The van der Waals surface area contributed by atoms with Gasteiger partial charge in [-0.3, -0.25) is 4.79 Å². The van der Waals surface area contributed by atoms with Gasteiger partial charge in [-0.05, 0) is 67.6 Å². The highest BCUT2D eigenvalue weighted by atomic mass is 16.5. The largest absolute Gasteiger partial charge is 0.497 e. The first-order chi connectivity index (χ1) is 13.6. The van der Waals surface area contributed by atoms with E-state index in [0.29, 0.717) is 17.9 Å². The molecule has 148 valence electrons. The lowest BCUT2D eigenvalue weighted by molar-refractivity contribution is -0.134. The number of carbonyl (C=O) groups excluding carboxylic acids is 1. The maximum Gasteiger partial charge on any atom is 0.311 e. The topological polar surface area (TPSA) is 86.5 Å². The molecule has 28 heavy (non-hydrogen) atoms. The van der Waals surface area contributed by atoms with Gasteiger partial charge >= 0.3 is 5.97 Å². The molecule has 0 amide bonds. The van der Waals surface area contributed by atoms with Crippen molar-refractivity contribution in [1.82, 2.24) is 15.0 Å². The number of esters is 1. The molecule has 1 N–H and O–H groups in total. The third-order valence-electron chi connectivity index (χ3n) is 4.72. The minimum atomic E-state index is -0.280. The van der Waals surface area contributed by atoms with Crippen molar-refractivity contribution in [3.63, 3.8) is 0 Å². The van der Waals surface area contributed by atoms with Crippen LogP contribution in [0.2, 0.25) is 0 Å². The molecule has 0 saturated heterocycles. The van der Waals surface area contributed by atoms with Crippen LogP contribution in [-0.4, -0.2) is 39.8 Å². The van der Waals surface area contributed by atoms with Gasteiger partial charge in [-0.2, -0.15) is 0 Å². The summed E-state index contributed by atoms with van der Waals surface area (Å²) in [7, 11) is 1.59. The molecule has 0 bridgehead atoms. The molecule has 1 heterocycles. The Balaban J connectivity index is 1.62. The Labute approximate surface area is 163 Å². The first-order valence-electron chi connectivity index (χ1n) is 9.39. The molecule has 3 rings (SSSR count). The second kappa shape index (κ2) is 9.32. The van der Waals surface area contributed by atoms with E-state index in [9.17, 15) is 4.79 Å². The predicted octanol–water partition coefficient (Wildman–Crippen LogP) is 3.06. The van der Waals surface area contributed by atoms with E-state index in [-0.39, 0.29) is 19.0 Å². The Hall–Kier alpha value is -2.93. The summed E-state index contributed by atoms with van der Waals surface area (Å²) in [6, 6.07) is 10.9. The third kappa shape index (κ3) is 4.67. The summed E-state index contributed by atoms with van der Waals surface area (Å²) in [4.78, 5) is 12.2. The van der Waals surface area contributed by atoms with Crippen molar-refractivity contribution in [2.75, 3.05) is 13.7 Å². The summed E-state index contributed by atoms with van der Waals surface area (Å²) in [5.41, 5.74) is 3.91. The molecule has 0 aliphatic carbocycles. The molecule has 7 heteroatoms. The van der Waals surface area contributed by atoms with Crippen LogP contribution in [-0.2, 0) is 17.8 Å². The van der Waals surface area contributed by atoms with Crippen molar-refractivity contribution in [3.05, 3.63) is 47.5 Å². The number of hydrogen-bond donors (Lipinski definition) is 1. The van der Waals surface area contributed by atoms with Crippen molar-refractivity contribution in [2.24, 2.45) is 0 Å². The number of unbranched alkanes of at least 4 members (excludes halogenated alkanes) is 1. The van der Waals surface area contributed by atoms with Crippen LogP contribution >= 0.6 is 0 Å². The molecule has 0 unspecified atom stereocenters. The summed E-state index contributed by atoms with van der Waals surface area (Å²) in [6.45, 7) is 2.91. The molecule has 0 radical (unpaired) electrons. The van der Waals surface area contributed by atoms with Gasteiger partial charge in [0.1, 0.15) is 17.0 Å². The number of aromatic nitrogens is 3. The molecule has 7 nitrogen and oxygen atoms in total. The highest BCUT2D eigenvalue weighted by Crippen LogP contribution is 2.22. The number of benzene rings is 2.